The Labute approximate surface area is 132 Å². The molecule has 0 spiro atoms. The summed E-state index contributed by atoms with van der Waals surface area (Å²) in [5.41, 5.74) is 1.74. The average Bonchev–Trinajstić information content (AvgIpc) is 2.54. The molecule has 0 heterocycles. The summed E-state index contributed by atoms with van der Waals surface area (Å²) in [6.45, 7) is 7.71. The molecule has 0 aliphatic heterocycles. The van der Waals surface area contributed by atoms with E-state index in [1.807, 2.05) is 44.2 Å². The van der Waals surface area contributed by atoms with Crippen LogP contribution in [0.4, 0.5) is 0 Å². The van der Waals surface area contributed by atoms with Gasteiger partial charge in [0, 0.05) is 6.42 Å². The van der Waals surface area contributed by atoms with Gasteiger partial charge in [-0.05, 0) is 43.4 Å². The number of benzene rings is 1. The van der Waals surface area contributed by atoms with Crippen LogP contribution in [0, 0.1) is 5.92 Å². The van der Waals surface area contributed by atoms with Crippen LogP contribution in [0.2, 0.25) is 0 Å². The lowest BCUT2D eigenvalue weighted by Gasteiger charge is -2.14. The van der Waals surface area contributed by atoms with E-state index in [2.05, 4.69) is 12.7 Å². The molecule has 0 aliphatic carbocycles. The molecule has 2 unspecified atom stereocenters. The van der Waals surface area contributed by atoms with E-state index in [1.54, 1.807) is 0 Å². The third kappa shape index (κ3) is 6.53. The molecule has 0 N–H and O–H groups in total. The van der Waals surface area contributed by atoms with Gasteiger partial charge < -0.3 is 4.74 Å². The summed E-state index contributed by atoms with van der Waals surface area (Å²) in [4.78, 5) is 21.8. The van der Waals surface area contributed by atoms with Gasteiger partial charge in [0.1, 0.15) is 12.0 Å². The quantitative estimate of drug-likeness (QED) is 0.370. The van der Waals surface area contributed by atoms with Crippen LogP contribution in [-0.2, 0) is 9.59 Å². The molecule has 1 aromatic carbocycles. The number of rotatable bonds is 10. The van der Waals surface area contributed by atoms with Gasteiger partial charge in [-0.3, -0.25) is 9.59 Å². The van der Waals surface area contributed by atoms with E-state index in [-0.39, 0.29) is 5.92 Å². The Balaban J connectivity index is 2.45. The van der Waals surface area contributed by atoms with Gasteiger partial charge in [-0.15, -0.1) is 0 Å². The van der Waals surface area contributed by atoms with Crippen molar-refractivity contribution in [2.45, 2.75) is 39.2 Å². The van der Waals surface area contributed by atoms with Gasteiger partial charge in [0.05, 0.1) is 0 Å². The van der Waals surface area contributed by atoms with Gasteiger partial charge in [-0.2, -0.15) is 0 Å². The molecule has 0 radical (unpaired) electrons. The molecule has 0 fully saturated rings. The second-order valence-electron chi connectivity index (χ2n) is 5.53. The molecule has 22 heavy (non-hydrogen) atoms. The van der Waals surface area contributed by atoms with E-state index < -0.39 is 6.10 Å². The van der Waals surface area contributed by atoms with Crippen molar-refractivity contribution in [2.24, 2.45) is 5.92 Å². The number of para-hydroxylation sites is 1. The van der Waals surface area contributed by atoms with Gasteiger partial charge in [0.2, 0.25) is 0 Å². The molecule has 3 nitrogen and oxygen atoms in total. The standard InChI is InChI=1S/C19H24O3/c1-15(8-7-9-16(2)17(3)13-20)12-19(14-21)22-18-10-5-4-6-11-18/h4-6,8,10-11,13-14,16,19H,3,7,9,12H2,1-2H3. The largest absolute Gasteiger partial charge is 0.483 e. The summed E-state index contributed by atoms with van der Waals surface area (Å²) >= 11 is 0. The topological polar surface area (TPSA) is 43.4 Å². The van der Waals surface area contributed by atoms with Crippen LogP contribution in [0.1, 0.15) is 33.1 Å². The maximum atomic E-state index is 11.2. The van der Waals surface area contributed by atoms with E-state index in [0.29, 0.717) is 17.7 Å². The zero-order valence-corrected chi connectivity index (χ0v) is 13.3. The van der Waals surface area contributed by atoms with Gasteiger partial charge in [-0.1, -0.05) is 43.4 Å². The molecule has 0 saturated heterocycles. The second-order valence-corrected chi connectivity index (χ2v) is 5.53. The SMILES string of the molecule is C=C(C=O)C(C)CCC=C(C)CC(C=O)Oc1ccccc1. The Morgan fingerprint density at radius 3 is 2.55 bits per heavy atom. The highest BCUT2D eigenvalue weighted by Gasteiger charge is 2.10. The molecule has 2 atom stereocenters. The summed E-state index contributed by atoms with van der Waals surface area (Å²) in [7, 11) is 0. The third-order valence-corrected chi connectivity index (χ3v) is 3.58. The van der Waals surface area contributed by atoms with E-state index in [0.717, 1.165) is 31.0 Å². The smallest absolute Gasteiger partial charge is 0.160 e. The first-order valence-corrected chi connectivity index (χ1v) is 7.53. The predicted octanol–water partition coefficient (Wildman–Crippen LogP) is 4.14. The minimum atomic E-state index is -0.471. The number of ether oxygens (including phenoxy) is 1. The Bertz CT molecular complexity index is 517. The van der Waals surface area contributed by atoms with E-state index in [1.165, 1.54) is 0 Å². The maximum absolute atomic E-state index is 11.2. The average molecular weight is 300 g/mol. The first-order chi connectivity index (χ1) is 10.6. The minimum Gasteiger partial charge on any atom is -0.483 e. The van der Waals surface area contributed by atoms with Crippen molar-refractivity contribution in [1.82, 2.24) is 0 Å². The molecule has 0 aromatic heterocycles. The normalized spacial score (nSPS) is 14.0. The van der Waals surface area contributed by atoms with Crippen molar-refractivity contribution in [3.8, 4) is 5.75 Å². The van der Waals surface area contributed by atoms with Crippen molar-refractivity contribution in [3.63, 3.8) is 0 Å². The van der Waals surface area contributed by atoms with E-state index in [9.17, 15) is 9.59 Å². The van der Waals surface area contributed by atoms with Crippen LogP contribution in [0.5, 0.6) is 5.75 Å². The van der Waals surface area contributed by atoms with Crippen LogP contribution in [0.25, 0.3) is 0 Å². The number of carbonyl (C=O) groups excluding carboxylic acids is 2. The fourth-order valence-corrected chi connectivity index (χ4v) is 2.07. The molecule has 1 rings (SSSR count). The van der Waals surface area contributed by atoms with Crippen LogP contribution in [-0.4, -0.2) is 18.7 Å². The fraction of sp³-hybridized carbons (Fsp3) is 0.368. The van der Waals surface area contributed by atoms with Crippen LogP contribution in [0.3, 0.4) is 0 Å². The Morgan fingerprint density at radius 2 is 1.95 bits per heavy atom. The van der Waals surface area contributed by atoms with Crippen LogP contribution < -0.4 is 4.74 Å². The first kappa shape index (κ1) is 17.9. The van der Waals surface area contributed by atoms with Crippen molar-refractivity contribution in [3.05, 3.63) is 54.1 Å². The molecule has 1 aromatic rings. The van der Waals surface area contributed by atoms with E-state index in [4.69, 9.17) is 4.74 Å². The third-order valence-electron chi connectivity index (χ3n) is 3.58. The highest BCUT2D eigenvalue weighted by atomic mass is 16.5. The Hall–Kier alpha value is -2.16. The molecular formula is C19H24O3. The molecular weight excluding hydrogens is 276 g/mol. The fourth-order valence-electron chi connectivity index (χ4n) is 2.07. The summed E-state index contributed by atoms with van der Waals surface area (Å²) in [5, 5.41) is 0. The minimum absolute atomic E-state index is 0.184. The lowest BCUT2D eigenvalue weighted by atomic mass is 9.97. The monoisotopic (exact) mass is 300 g/mol. The zero-order valence-electron chi connectivity index (χ0n) is 13.3. The highest BCUT2D eigenvalue weighted by Crippen LogP contribution is 2.17. The van der Waals surface area contributed by atoms with Gasteiger partial charge in [0.25, 0.3) is 0 Å². The Kier molecular flexibility index (Phi) is 7.90. The molecule has 118 valence electrons. The summed E-state index contributed by atoms with van der Waals surface area (Å²) < 4.78 is 5.65. The number of hydrogen-bond acceptors (Lipinski definition) is 3. The van der Waals surface area contributed by atoms with E-state index >= 15 is 0 Å². The number of allylic oxidation sites excluding steroid dienone is 2. The van der Waals surface area contributed by atoms with Crippen molar-refractivity contribution in [1.29, 1.82) is 0 Å². The number of carbonyl (C=O) groups is 2. The van der Waals surface area contributed by atoms with Gasteiger partial charge in [-0.25, -0.2) is 0 Å². The van der Waals surface area contributed by atoms with Crippen LogP contribution in [0.15, 0.2) is 54.1 Å². The first-order valence-electron chi connectivity index (χ1n) is 7.53. The maximum Gasteiger partial charge on any atom is 0.160 e. The summed E-state index contributed by atoms with van der Waals surface area (Å²) in [6.07, 6.45) is 5.58. The van der Waals surface area contributed by atoms with Crippen molar-refractivity contribution < 1.29 is 14.3 Å². The highest BCUT2D eigenvalue weighted by molar-refractivity contribution is 5.72. The summed E-state index contributed by atoms with van der Waals surface area (Å²) in [6, 6.07) is 9.33. The number of hydrogen-bond donors (Lipinski definition) is 0. The molecule has 3 heteroatoms. The zero-order chi connectivity index (χ0) is 16.4. The number of aldehydes is 2. The lowest BCUT2D eigenvalue weighted by Crippen LogP contribution is -2.18. The van der Waals surface area contributed by atoms with Crippen molar-refractivity contribution >= 4 is 12.6 Å². The molecule has 0 aliphatic rings. The van der Waals surface area contributed by atoms with Crippen LogP contribution >= 0.6 is 0 Å². The molecule has 0 saturated carbocycles. The second kappa shape index (κ2) is 9.72. The molecule has 0 bridgehead atoms. The van der Waals surface area contributed by atoms with Crippen molar-refractivity contribution in [2.75, 3.05) is 0 Å². The molecule has 0 amide bonds. The van der Waals surface area contributed by atoms with Gasteiger partial charge in [0.15, 0.2) is 12.4 Å². The summed E-state index contributed by atoms with van der Waals surface area (Å²) in [5.74, 6) is 0.882. The Morgan fingerprint density at radius 1 is 1.27 bits per heavy atom. The van der Waals surface area contributed by atoms with Gasteiger partial charge >= 0.3 is 0 Å². The predicted molar refractivity (Wildman–Crippen MR) is 88.9 cm³/mol. The lowest BCUT2D eigenvalue weighted by molar-refractivity contribution is -0.113.